The molecule has 0 radical (unpaired) electrons. The molecule has 144 valence electrons. The maximum absolute atomic E-state index is 12.8. The van der Waals surface area contributed by atoms with Gasteiger partial charge in [0.05, 0.1) is 15.6 Å². The molecule has 1 N–H and O–H groups in total. The number of para-hydroxylation sites is 1. The minimum Gasteiger partial charge on any atom is -0.367 e. The van der Waals surface area contributed by atoms with E-state index in [-0.39, 0.29) is 10.8 Å². The molecule has 1 fully saturated rings. The van der Waals surface area contributed by atoms with Crippen LogP contribution in [0.15, 0.2) is 53.4 Å². The third-order valence-corrected chi connectivity index (χ3v) is 6.35. The van der Waals surface area contributed by atoms with Gasteiger partial charge in [-0.2, -0.15) is 0 Å². The zero-order chi connectivity index (χ0) is 19.4. The molecule has 0 spiro atoms. The molecule has 3 rings (SSSR count). The first-order valence-corrected chi connectivity index (χ1v) is 10.7. The zero-order valence-corrected chi connectivity index (χ0v) is 16.6. The molecule has 2 aromatic carbocycles. The van der Waals surface area contributed by atoms with Gasteiger partial charge < -0.3 is 9.80 Å². The van der Waals surface area contributed by atoms with Gasteiger partial charge in [-0.15, -0.1) is 0 Å². The summed E-state index contributed by atoms with van der Waals surface area (Å²) in [5.74, 6) is -0.164. The summed E-state index contributed by atoms with van der Waals surface area (Å²) in [5, 5.41) is 0.693. The molecular weight excluding hydrogens is 386 g/mol. The summed E-state index contributed by atoms with van der Waals surface area (Å²) in [7, 11) is -3.59. The predicted octanol–water partition coefficient (Wildman–Crippen LogP) is 2.60. The lowest BCUT2D eigenvalue weighted by Crippen LogP contribution is -2.48. The van der Waals surface area contributed by atoms with Gasteiger partial charge in [0.2, 0.25) is 10.0 Å². The molecule has 1 heterocycles. The highest BCUT2D eigenvalue weighted by atomic mass is 35.5. The Balaban J connectivity index is 1.70. The first-order valence-electron chi connectivity index (χ1n) is 8.81. The van der Waals surface area contributed by atoms with Crippen LogP contribution in [0.3, 0.4) is 0 Å². The van der Waals surface area contributed by atoms with E-state index in [0.29, 0.717) is 43.3 Å². The number of anilines is 1. The summed E-state index contributed by atoms with van der Waals surface area (Å²) in [6.45, 7) is 4.45. The summed E-state index contributed by atoms with van der Waals surface area (Å²) in [6.07, 6.45) is 0. The average Bonchev–Trinajstić information content (AvgIpc) is 2.68. The highest BCUT2D eigenvalue weighted by Crippen LogP contribution is 2.26. The van der Waals surface area contributed by atoms with Gasteiger partial charge in [0, 0.05) is 38.3 Å². The Morgan fingerprint density at radius 1 is 1.07 bits per heavy atom. The molecule has 6 nitrogen and oxygen atoms in total. The second-order valence-electron chi connectivity index (χ2n) is 6.26. The highest BCUT2D eigenvalue weighted by Gasteiger charge is 2.24. The van der Waals surface area contributed by atoms with Gasteiger partial charge in [-0.1, -0.05) is 36.7 Å². The normalized spacial score (nSPS) is 15.0. The van der Waals surface area contributed by atoms with Gasteiger partial charge >= 0.3 is 0 Å². The first kappa shape index (κ1) is 19.7. The van der Waals surface area contributed by atoms with E-state index >= 15 is 0 Å². The largest absolute Gasteiger partial charge is 0.367 e. The Morgan fingerprint density at radius 3 is 2.44 bits per heavy atom. The van der Waals surface area contributed by atoms with Crippen molar-refractivity contribution in [2.24, 2.45) is 0 Å². The van der Waals surface area contributed by atoms with Gasteiger partial charge in [0.25, 0.3) is 5.91 Å². The number of sulfonamides is 1. The third kappa shape index (κ3) is 4.43. The topological polar surface area (TPSA) is 69.7 Å². The molecule has 1 aliphatic heterocycles. The maximum Gasteiger partial charge on any atom is 0.254 e. The number of rotatable bonds is 5. The fraction of sp³-hybridized carbons (Fsp3) is 0.316. The number of piperazine rings is 1. The van der Waals surface area contributed by atoms with Crippen molar-refractivity contribution < 1.29 is 13.2 Å². The van der Waals surface area contributed by atoms with Crippen LogP contribution >= 0.6 is 11.6 Å². The van der Waals surface area contributed by atoms with E-state index in [9.17, 15) is 13.2 Å². The van der Waals surface area contributed by atoms with Crippen LogP contribution in [0.1, 0.15) is 17.3 Å². The van der Waals surface area contributed by atoms with E-state index in [0.717, 1.165) is 5.69 Å². The highest BCUT2D eigenvalue weighted by molar-refractivity contribution is 7.89. The second-order valence-corrected chi connectivity index (χ2v) is 8.43. The summed E-state index contributed by atoms with van der Waals surface area (Å²) < 4.78 is 26.8. The lowest BCUT2D eigenvalue weighted by atomic mass is 10.1. The minimum atomic E-state index is -3.59. The Hall–Kier alpha value is -2.09. The number of halogens is 1. The van der Waals surface area contributed by atoms with Gasteiger partial charge in [0.15, 0.2) is 0 Å². The predicted molar refractivity (Wildman–Crippen MR) is 107 cm³/mol. The standard InChI is InChI=1S/C19H22ClN3O3S/c1-2-21-27(25,26)16-7-5-6-15(14-16)19(24)23-12-10-22(11-13-23)18-9-4-3-8-17(18)20/h3-9,14,21H,2,10-13H2,1H3. The Morgan fingerprint density at radius 2 is 1.78 bits per heavy atom. The number of carbonyl (C=O) groups is 1. The molecule has 0 atom stereocenters. The average molecular weight is 408 g/mol. The number of hydrogen-bond donors (Lipinski definition) is 1. The molecule has 8 heteroatoms. The molecule has 0 unspecified atom stereocenters. The second kappa shape index (κ2) is 8.29. The molecule has 2 aromatic rings. The molecule has 0 aromatic heterocycles. The third-order valence-electron chi connectivity index (χ3n) is 4.49. The van der Waals surface area contributed by atoms with Gasteiger partial charge in [-0.3, -0.25) is 4.79 Å². The minimum absolute atomic E-state index is 0.102. The van der Waals surface area contributed by atoms with Gasteiger partial charge in [-0.05, 0) is 30.3 Å². The first-order chi connectivity index (χ1) is 12.9. The zero-order valence-electron chi connectivity index (χ0n) is 15.1. The van der Waals surface area contributed by atoms with E-state index in [4.69, 9.17) is 11.6 Å². The number of nitrogens with one attached hydrogen (secondary N) is 1. The number of benzene rings is 2. The van der Waals surface area contributed by atoms with Crippen LogP contribution in [-0.2, 0) is 10.0 Å². The molecular formula is C19H22ClN3O3S. The molecule has 1 amide bonds. The van der Waals surface area contributed by atoms with Crippen molar-refractivity contribution >= 4 is 33.2 Å². The quantitative estimate of drug-likeness (QED) is 0.827. The van der Waals surface area contributed by atoms with Crippen LogP contribution < -0.4 is 9.62 Å². The summed E-state index contributed by atoms with van der Waals surface area (Å²) in [4.78, 5) is 16.8. The van der Waals surface area contributed by atoms with Crippen molar-refractivity contribution in [3.05, 3.63) is 59.1 Å². The van der Waals surface area contributed by atoms with Crippen molar-refractivity contribution in [3.8, 4) is 0 Å². The van der Waals surface area contributed by atoms with Crippen LogP contribution in [0.4, 0.5) is 5.69 Å². The molecule has 0 saturated carbocycles. The van der Waals surface area contributed by atoms with Gasteiger partial charge in [0.1, 0.15) is 0 Å². The molecule has 27 heavy (non-hydrogen) atoms. The van der Waals surface area contributed by atoms with Gasteiger partial charge in [-0.25, -0.2) is 13.1 Å². The van der Waals surface area contributed by atoms with Crippen molar-refractivity contribution in [1.29, 1.82) is 0 Å². The van der Waals surface area contributed by atoms with E-state index in [2.05, 4.69) is 9.62 Å². The summed E-state index contributed by atoms with van der Waals surface area (Å²) in [6, 6.07) is 13.8. The number of amides is 1. The van der Waals surface area contributed by atoms with Crippen molar-refractivity contribution in [2.45, 2.75) is 11.8 Å². The molecule has 1 saturated heterocycles. The SMILES string of the molecule is CCNS(=O)(=O)c1cccc(C(=O)N2CCN(c3ccccc3Cl)CC2)c1. The lowest BCUT2D eigenvalue weighted by Gasteiger charge is -2.36. The Kier molecular flexibility index (Phi) is 6.04. The number of carbonyl (C=O) groups excluding carboxylic acids is 1. The van der Waals surface area contributed by atoms with Crippen LogP contribution in [0.25, 0.3) is 0 Å². The van der Waals surface area contributed by atoms with Crippen LogP contribution in [0.2, 0.25) is 5.02 Å². The molecule has 0 aliphatic carbocycles. The van der Waals surface area contributed by atoms with Crippen LogP contribution in [-0.4, -0.2) is 51.9 Å². The number of nitrogens with zero attached hydrogens (tertiary/aromatic N) is 2. The maximum atomic E-state index is 12.8. The molecule has 1 aliphatic rings. The van der Waals surface area contributed by atoms with E-state index in [1.54, 1.807) is 24.0 Å². The number of hydrogen-bond acceptors (Lipinski definition) is 4. The smallest absolute Gasteiger partial charge is 0.254 e. The lowest BCUT2D eigenvalue weighted by molar-refractivity contribution is 0.0746. The monoisotopic (exact) mass is 407 g/mol. The van der Waals surface area contributed by atoms with E-state index in [1.807, 2.05) is 24.3 Å². The Labute approximate surface area is 164 Å². The fourth-order valence-electron chi connectivity index (χ4n) is 3.11. The summed E-state index contributed by atoms with van der Waals surface area (Å²) in [5.41, 5.74) is 1.34. The Bertz CT molecular complexity index is 925. The van der Waals surface area contributed by atoms with E-state index < -0.39 is 10.0 Å². The van der Waals surface area contributed by atoms with Crippen molar-refractivity contribution in [3.63, 3.8) is 0 Å². The van der Waals surface area contributed by atoms with Crippen molar-refractivity contribution in [2.75, 3.05) is 37.6 Å². The summed E-state index contributed by atoms with van der Waals surface area (Å²) >= 11 is 6.25. The van der Waals surface area contributed by atoms with E-state index in [1.165, 1.54) is 12.1 Å². The fourth-order valence-corrected chi connectivity index (χ4v) is 4.45. The van der Waals surface area contributed by atoms with Crippen molar-refractivity contribution in [1.82, 2.24) is 9.62 Å². The van der Waals surface area contributed by atoms with Crippen LogP contribution in [0, 0.1) is 0 Å². The van der Waals surface area contributed by atoms with Crippen LogP contribution in [0.5, 0.6) is 0 Å². The molecule has 0 bridgehead atoms.